The molecule has 0 radical (unpaired) electrons. The molecule has 12 heteroatoms. The number of fused-ring (bicyclic) bond motifs is 4. The average molecular weight is 854 g/mol. The number of anilines is 4. The van der Waals surface area contributed by atoms with Crippen molar-refractivity contribution in [1.82, 2.24) is 0 Å². The Bertz CT molecular complexity index is 1710. The number of benzene rings is 4. The molecule has 0 spiro atoms. The number of hydrogen-bond donors (Lipinski definition) is 8. The summed E-state index contributed by atoms with van der Waals surface area (Å²) < 4.78 is 15.0. The number of rotatable bonds is 8. The third-order valence-corrected chi connectivity index (χ3v) is 10.4. The van der Waals surface area contributed by atoms with Crippen LogP contribution in [0.2, 0.25) is 0 Å². The molecule has 6 heterocycles. The molecule has 0 saturated carbocycles. The minimum absolute atomic E-state index is 0. The fraction of sp³-hybridized carbons (Fsp3) is 0.510. The largest absolute Gasteiger partial charge is 0.394 e. The van der Waals surface area contributed by atoms with Gasteiger partial charge in [-0.2, -0.15) is 0 Å². The molecule has 0 amide bonds. The molecule has 12 nitrogen and oxygen atoms in total. The topological polar surface area (TPSA) is 177 Å². The van der Waals surface area contributed by atoms with Gasteiger partial charge in [0.1, 0.15) is 12.2 Å². The van der Waals surface area contributed by atoms with Crippen molar-refractivity contribution in [3.8, 4) is 0 Å². The Kier molecular flexibility index (Phi) is 24.4. The van der Waals surface area contributed by atoms with E-state index in [-0.39, 0.29) is 54.9 Å². The first-order valence-corrected chi connectivity index (χ1v) is 20.7. The van der Waals surface area contributed by atoms with Crippen LogP contribution in [0.15, 0.2) is 97.1 Å². The summed E-state index contributed by atoms with van der Waals surface area (Å²) in [6.45, 7) is 6.77. The molecule has 2 saturated heterocycles. The highest BCUT2D eigenvalue weighted by molar-refractivity contribution is 5.58. The van der Waals surface area contributed by atoms with E-state index in [1.807, 2.05) is 24.3 Å². The molecule has 4 unspecified atom stereocenters. The normalized spacial score (nSPS) is 18.6. The second kappa shape index (κ2) is 29.1. The average Bonchev–Trinajstić information content (AvgIpc) is 4.26. The zero-order valence-electron chi connectivity index (χ0n) is 35.7. The molecule has 10 rings (SSSR count). The summed E-state index contributed by atoms with van der Waals surface area (Å²) in [6.07, 6.45) is 6.07. The van der Waals surface area contributed by atoms with E-state index in [1.165, 1.54) is 71.7 Å². The van der Waals surface area contributed by atoms with Crippen molar-refractivity contribution in [2.45, 2.75) is 85.2 Å². The van der Waals surface area contributed by atoms with Crippen LogP contribution in [0.3, 0.4) is 0 Å². The summed E-state index contributed by atoms with van der Waals surface area (Å²) >= 11 is 0. The lowest BCUT2D eigenvalue weighted by Crippen LogP contribution is -2.37. The van der Waals surface area contributed by atoms with Crippen molar-refractivity contribution in [3.05, 3.63) is 119 Å². The number of epoxide rings is 2. The van der Waals surface area contributed by atoms with Crippen LogP contribution in [0.4, 0.5) is 22.7 Å². The van der Waals surface area contributed by atoms with Gasteiger partial charge in [-0.25, -0.2) is 0 Å². The molecule has 2 fully saturated rings. The number of aliphatic hydroxyl groups excluding tert-OH is 6. The maximum atomic E-state index is 9.44. The fourth-order valence-electron chi connectivity index (χ4n) is 7.02. The van der Waals surface area contributed by atoms with Gasteiger partial charge in [-0.05, 0) is 85.0 Å². The monoisotopic (exact) mass is 854 g/mol. The van der Waals surface area contributed by atoms with Crippen molar-refractivity contribution in [2.75, 3.05) is 99.3 Å². The highest BCUT2D eigenvalue weighted by Gasteiger charge is 2.22. The van der Waals surface area contributed by atoms with Crippen LogP contribution in [0, 0.1) is 0 Å². The molecule has 4 aromatic rings. The summed E-state index contributed by atoms with van der Waals surface area (Å²) in [5, 5.41) is 59.2. The lowest BCUT2D eigenvalue weighted by molar-refractivity contribution is 0.0996. The van der Waals surface area contributed by atoms with Gasteiger partial charge in [-0.1, -0.05) is 95.1 Å². The van der Waals surface area contributed by atoms with Crippen LogP contribution < -0.4 is 20.4 Å². The molecule has 61 heavy (non-hydrogen) atoms. The van der Waals surface area contributed by atoms with E-state index >= 15 is 0 Å². The van der Waals surface area contributed by atoms with Crippen molar-refractivity contribution < 1.29 is 42.9 Å². The Morgan fingerprint density at radius 1 is 0.557 bits per heavy atom. The lowest BCUT2D eigenvalue weighted by atomic mass is 10.0. The van der Waals surface area contributed by atoms with E-state index in [2.05, 4.69) is 103 Å². The minimum Gasteiger partial charge on any atom is -0.394 e. The first-order valence-electron chi connectivity index (χ1n) is 21.7. The van der Waals surface area contributed by atoms with Gasteiger partial charge in [-0.15, -0.1) is 0 Å². The molecule has 342 valence electrons. The summed E-state index contributed by atoms with van der Waals surface area (Å²) in [5.41, 5.74) is 10.6. The molecule has 4 atom stereocenters. The Morgan fingerprint density at radius 2 is 0.967 bits per heavy atom. The fourth-order valence-corrected chi connectivity index (χ4v) is 7.02. The highest BCUT2D eigenvalue weighted by atomic mass is 16.6. The smallest absolute Gasteiger partial charge is 0.104 e. The zero-order chi connectivity index (χ0) is 43.0. The van der Waals surface area contributed by atoms with Crippen LogP contribution in [-0.4, -0.2) is 134 Å². The summed E-state index contributed by atoms with van der Waals surface area (Å²) in [5.74, 6) is 0. The maximum absolute atomic E-state index is 9.44. The number of ether oxygens (including phenoxy) is 2. The first kappa shape index (κ1) is 51.1. The molecule has 0 aliphatic carbocycles. The second-order valence-corrected chi connectivity index (χ2v) is 15.0. The van der Waals surface area contributed by atoms with Gasteiger partial charge in [0.2, 0.25) is 0 Å². The SMILES string of the molecule is C.C.OCC(O)CN1CCCc2ccccc21.OCC(O)CN1CCc2ccccc21.OCC1CO1.OCC1CO1.[2H]C.[3HH].c1ccc2c(c1)CCCN2.c1ccc2c(c1)CCN2. The van der Waals surface area contributed by atoms with E-state index in [1.54, 1.807) is 0 Å². The van der Waals surface area contributed by atoms with E-state index in [9.17, 15) is 10.2 Å². The molecule has 4 aromatic carbocycles. The number of hydrogen-bond acceptors (Lipinski definition) is 12. The number of aliphatic hydroxyl groups is 6. The van der Waals surface area contributed by atoms with Crippen LogP contribution in [-0.2, 0) is 35.2 Å². The second-order valence-electron chi connectivity index (χ2n) is 15.0. The number of nitrogens with one attached hydrogen (secondary N) is 2. The van der Waals surface area contributed by atoms with Gasteiger partial charge in [0.05, 0.1) is 51.8 Å². The molecular weight excluding hydrogens is 773 g/mol. The molecule has 0 bridgehead atoms. The van der Waals surface area contributed by atoms with Crippen molar-refractivity contribution >= 4 is 22.7 Å². The van der Waals surface area contributed by atoms with Crippen molar-refractivity contribution in [1.29, 1.82) is 0 Å². The Hall–Kier alpha value is -4.24. The molecule has 0 aromatic heterocycles. The number of nitrogens with zero attached hydrogens (tertiary/aromatic N) is 2. The quantitative estimate of drug-likeness (QED) is 0.100. The molecule has 6 aliphatic rings. The lowest BCUT2D eigenvalue weighted by Gasteiger charge is -2.32. The van der Waals surface area contributed by atoms with Crippen molar-refractivity contribution in [2.24, 2.45) is 0 Å². The third kappa shape index (κ3) is 18.3. The third-order valence-electron chi connectivity index (χ3n) is 10.4. The van der Waals surface area contributed by atoms with E-state index in [4.69, 9.17) is 21.8 Å². The minimum atomic E-state index is -0.642. The number of para-hydroxylation sites is 4. The van der Waals surface area contributed by atoms with Gasteiger partial charge in [0, 0.05) is 64.8 Å². The summed E-state index contributed by atoms with van der Waals surface area (Å²) in [7, 11) is 1.25. The zero-order valence-corrected chi connectivity index (χ0v) is 34.7. The van der Waals surface area contributed by atoms with Gasteiger partial charge in [0.15, 0.2) is 0 Å². The van der Waals surface area contributed by atoms with Crippen molar-refractivity contribution in [3.63, 3.8) is 0 Å². The van der Waals surface area contributed by atoms with E-state index in [0.29, 0.717) is 13.1 Å². The number of β-amino-alcohol motifs (C(OH)–C–C–N with tert-alkyl or cyclic N) is 2. The number of aryl methyl sites for hydroxylation is 2. The van der Waals surface area contributed by atoms with Gasteiger partial charge >= 0.3 is 0 Å². The molecular formula is C49H78N4O8. The molecule has 8 N–H and O–H groups in total. The van der Waals surface area contributed by atoms with Gasteiger partial charge in [0.25, 0.3) is 0 Å². The summed E-state index contributed by atoms with van der Waals surface area (Å²) in [4.78, 5) is 4.27. The molecule has 6 aliphatic heterocycles. The van der Waals surface area contributed by atoms with Gasteiger partial charge in [-0.3, -0.25) is 0 Å². The Morgan fingerprint density at radius 3 is 1.43 bits per heavy atom. The van der Waals surface area contributed by atoms with Crippen LogP contribution in [0.25, 0.3) is 0 Å². The van der Waals surface area contributed by atoms with Crippen LogP contribution >= 0.6 is 0 Å². The first-order chi connectivity index (χ1) is 29.4. The van der Waals surface area contributed by atoms with E-state index < -0.39 is 12.2 Å². The highest BCUT2D eigenvalue weighted by Crippen LogP contribution is 2.28. The predicted molar refractivity (Wildman–Crippen MR) is 253 cm³/mol. The van der Waals surface area contributed by atoms with Crippen LogP contribution in [0.1, 0.15) is 60.1 Å². The Labute approximate surface area is 368 Å². The Balaban J connectivity index is 0.000000385. The maximum Gasteiger partial charge on any atom is 0.104 e. The predicted octanol–water partition coefficient (Wildman–Crippen LogP) is 5.80. The standard InChI is InChI=1S/C12H17NO2.C11H15NO2.C9H11N.C8H9N.2C3H6O2.3CH4.H2/c14-9-11(15)8-13-7-3-5-10-4-1-2-6-12(10)13;13-8-10(14)7-12-6-5-9-3-1-2-4-11(9)12;1-2-6-9-8(4-1)5-3-7-10-9;1-2-4-8-7(3-1)5-6-9-8;2*4-1-3-2-5-3;;;;/h1-2,4,6,11,14-15H,3,5,7-9H2;1-4,10,13-14H,5-8H2;1-2,4,6,10H,3,5,7H2;1-4,9H,5-6H2;2*3-4H,1-2H2;3*1H4;1H/i;;;;;;1D;;;1+2. The van der Waals surface area contributed by atoms with E-state index in [0.717, 1.165) is 58.7 Å². The summed E-state index contributed by atoms with van der Waals surface area (Å²) in [6, 6.07) is 33.5. The van der Waals surface area contributed by atoms with Crippen LogP contribution in [0.5, 0.6) is 0 Å². The van der Waals surface area contributed by atoms with Gasteiger partial charge < -0.3 is 60.5 Å².